The summed E-state index contributed by atoms with van der Waals surface area (Å²) in [4.78, 5) is 12.9. The molecule has 27 heavy (non-hydrogen) atoms. The number of fused-ring (bicyclic) bond motifs is 1. The minimum absolute atomic E-state index is 0.0246. The zero-order chi connectivity index (χ0) is 20.2. The van der Waals surface area contributed by atoms with E-state index in [0.29, 0.717) is 18.2 Å². The number of carbonyl (C=O) groups excluding carboxylic acids is 1. The fraction of sp³-hybridized carbons (Fsp3) is 0.500. The second kappa shape index (κ2) is 8.68. The minimum atomic E-state index is -2.71. The van der Waals surface area contributed by atoms with Crippen molar-refractivity contribution in [2.45, 2.75) is 65.2 Å². The summed E-state index contributed by atoms with van der Waals surface area (Å²) in [7, 11) is 0. The summed E-state index contributed by atoms with van der Waals surface area (Å²) in [6, 6.07) is 5.85. The molecule has 0 heterocycles. The molecule has 1 aliphatic carbocycles. The van der Waals surface area contributed by atoms with Crippen LogP contribution in [0.5, 0.6) is 0 Å². The molecular formula is C22H30F2N2O. The highest BCUT2D eigenvalue weighted by atomic mass is 19.3. The van der Waals surface area contributed by atoms with Gasteiger partial charge in [0.05, 0.1) is 5.57 Å². The lowest BCUT2D eigenvalue weighted by atomic mass is 9.86. The number of halogens is 2. The summed E-state index contributed by atoms with van der Waals surface area (Å²) in [5, 5.41) is 5.83. The SMILES string of the molecule is C/C=C(\C(=C/NCCC)C(=O)Nc1cccc2c1C(C)CC2(C)C)C(F)F. The zero-order valence-electron chi connectivity index (χ0n) is 16.8. The van der Waals surface area contributed by atoms with Gasteiger partial charge in [0.1, 0.15) is 0 Å². The van der Waals surface area contributed by atoms with Gasteiger partial charge >= 0.3 is 0 Å². The molecule has 1 aromatic rings. The number of allylic oxidation sites excluding steroid dienone is 1. The standard InChI is InChI=1S/C22H30F2N2O/c1-6-11-25-13-16(15(7-2)20(23)24)21(27)26-18-10-8-9-17-19(18)14(3)12-22(17,4)5/h7-10,13-14,20,25H,6,11-12H2,1-5H3,(H,26,27)/b15-7+,16-13+. The number of anilines is 1. The topological polar surface area (TPSA) is 41.1 Å². The van der Waals surface area contributed by atoms with Gasteiger partial charge in [-0.2, -0.15) is 0 Å². The van der Waals surface area contributed by atoms with E-state index >= 15 is 0 Å². The fourth-order valence-corrected chi connectivity index (χ4v) is 3.96. The van der Waals surface area contributed by atoms with E-state index in [2.05, 4.69) is 37.5 Å². The largest absolute Gasteiger partial charge is 0.390 e. The lowest BCUT2D eigenvalue weighted by Crippen LogP contribution is -2.22. The molecule has 0 fully saturated rings. The lowest BCUT2D eigenvalue weighted by Gasteiger charge is -2.20. The van der Waals surface area contributed by atoms with Gasteiger partial charge < -0.3 is 10.6 Å². The number of hydrogen-bond acceptors (Lipinski definition) is 2. The number of benzene rings is 1. The molecule has 0 spiro atoms. The number of nitrogens with one attached hydrogen (secondary N) is 2. The van der Waals surface area contributed by atoms with Crippen LogP contribution in [0.3, 0.4) is 0 Å². The van der Waals surface area contributed by atoms with E-state index in [1.165, 1.54) is 24.8 Å². The highest BCUT2D eigenvalue weighted by Gasteiger charge is 2.36. The van der Waals surface area contributed by atoms with Crippen LogP contribution in [0.4, 0.5) is 14.5 Å². The van der Waals surface area contributed by atoms with Gasteiger partial charge in [-0.25, -0.2) is 8.78 Å². The van der Waals surface area contributed by atoms with E-state index < -0.39 is 12.3 Å². The molecule has 0 aliphatic heterocycles. The maximum absolute atomic E-state index is 13.4. The van der Waals surface area contributed by atoms with Gasteiger partial charge in [-0.05, 0) is 48.3 Å². The van der Waals surface area contributed by atoms with Crippen LogP contribution in [0, 0.1) is 0 Å². The van der Waals surface area contributed by atoms with Crippen LogP contribution in [0.1, 0.15) is 64.5 Å². The molecule has 0 saturated heterocycles. The van der Waals surface area contributed by atoms with Crippen LogP contribution in [0.25, 0.3) is 0 Å². The molecule has 0 bridgehead atoms. The first kappa shape index (κ1) is 21.1. The molecule has 1 aliphatic rings. The van der Waals surface area contributed by atoms with Gasteiger partial charge in [0.2, 0.25) is 0 Å². The molecule has 1 aromatic carbocycles. The number of alkyl halides is 2. The molecule has 3 nitrogen and oxygen atoms in total. The molecule has 2 N–H and O–H groups in total. The number of amides is 1. The first-order chi connectivity index (χ1) is 12.7. The van der Waals surface area contributed by atoms with E-state index in [-0.39, 0.29) is 16.6 Å². The third-order valence-corrected chi connectivity index (χ3v) is 5.14. The Hall–Kier alpha value is -2.17. The molecule has 1 unspecified atom stereocenters. The molecule has 5 heteroatoms. The average molecular weight is 376 g/mol. The van der Waals surface area contributed by atoms with Crippen molar-refractivity contribution in [2.24, 2.45) is 0 Å². The normalized spacial score (nSPS) is 19.2. The molecule has 0 aromatic heterocycles. The number of hydrogen-bond donors (Lipinski definition) is 2. The molecule has 1 atom stereocenters. The maximum Gasteiger partial charge on any atom is 0.264 e. The molecule has 0 radical (unpaired) electrons. The van der Waals surface area contributed by atoms with E-state index in [0.717, 1.165) is 18.4 Å². The van der Waals surface area contributed by atoms with Gasteiger partial charge in [0.15, 0.2) is 0 Å². The summed E-state index contributed by atoms with van der Waals surface area (Å²) in [6.45, 7) is 10.6. The van der Waals surface area contributed by atoms with Crippen molar-refractivity contribution < 1.29 is 13.6 Å². The second-order valence-electron chi connectivity index (χ2n) is 7.77. The van der Waals surface area contributed by atoms with Crippen molar-refractivity contribution in [3.05, 3.63) is 52.7 Å². The van der Waals surface area contributed by atoms with Crippen molar-refractivity contribution in [3.8, 4) is 0 Å². The van der Waals surface area contributed by atoms with Gasteiger partial charge in [0, 0.05) is 24.0 Å². The van der Waals surface area contributed by atoms with E-state index in [9.17, 15) is 13.6 Å². The Labute approximate surface area is 160 Å². The van der Waals surface area contributed by atoms with Gasteiger partial charge in [-0.15, -0.1) is 0 Å². The Kier molecular flexibility index (Phi) is 6.79. The predicted octanol–water partition coefficient (Wildman–Crippen LogP) is 5.50. The van der Waals surface area contributed by atoms with Crippen LogP contribution in [0.2, 0.25) is 0 Å². The van der Waals surface area contributed by atoms with Crippen molar-refractivity contribution in [1.29, 1.82) is 0 Å². The Morgan fingerprint density at radius 2 is 2.07 bits per heavy atom. The predicted molar refractivity (Wildman–Crippen MR) is 107 cm³/mol. The third kappa shape index (κ3) is 4.57. The van der Waals surface area contributed by atoms with Gasteiger partial charge in [-0.3, -0.25) is 4.79 Å². The van der Waals surface area contributed by atoms with Crippen LogP contribution >= 0.6 is 0 Å². The van der Waals surface area contributed by atoms with Crippen LogP contribution in [0.15, 0.2) is 41.6 Å². The lowest BCUT2D eigenvalue weighted by molar-refractivity contribution is -0.112. The summed E-state index contributed by atoms with van der Waals surface area (Å²) < 4.78 is 26.8. The molecule has 2 rings (SSSR count). The molecular weight excluding hydrogens is 346 g/mol. The van der Waals surface area contributed by atoms with Crippen LogP contribution in [-0.2, 0) is 10.2 Å². The fourth-order valence-electron chi connectivity index (χ4n) is 3.96. The monoisotopic (exact) mass is 376 g/mol. The van der Waals surface area contributed by atoms with Crippen molar-refractivity contribution >= 4 is 11.6 Å². The average Bonchev–Trinajstić information content (AvgIpc) is 2.83. The summed E-state index contributed by atoms with van der Waals surface area (Å²) in [5.74, 6) is -0.217. The first-order valence-electron chi connectivity index (χ1n) is 9.56. The third-order valence-electron chi connectivity index (χ3n) is 5.14. The van der Waals surface area contributed by atoms with Crippen molar-refractivity contribution in [3.63, 3.8) is 0 Å². The number of rotatable bonds is 7. The van der Waals surface area contributed by atoms with E-state index in [1.54, 1.807) is 0 Å². The van der Waals surface area contributed by atoms with E-state index in [4.69, 9.17) is 0 Å². The van der Waals surface area contributed by atoms with Crippen molar-refractivity contribution in [2.75, 3.05) is 11.9 Å². The highest BCUT2D eigenvalue weighted by molar-refractivity contribution is 6.07. The number of carbonyl (C=O) groups is 1. The molecule has 0 saturated carbocycles. The Bertz CT molecular complexity index is 751. The Balaban J connectivity index is 2.37. The molecule has 1 amide bonds. The maximum atomic E-state index is 13.4. The first-order valence-corrected chi connectivity index (χ1v) is 9.56. The minimum Gasteiger partial charge on any atom is -0.390 e. The van der Waals surface area contributed by atoms with Crippen molar-refractivity contribution in [1.82, 2.24) is 5.32 Å². The van der Waals surface area contributed by atoms with Gasteiger partial charge in [0.25, 0.3) is 12.3 Å². The molecule has 148 valence electrons. The Morgan fingerprint density at radius 3 is 2.67 bits per heavy atom. The quantitative estimate of drug-likeness (QED) is 0.374. The van der Waals surface area contributed by atoms with E-state index in [1.807, 2.05) is 19.1 Å². The summed E-state index contributed by atoms with van der Waals surface area (Å²) in [6.07, 6.45) is 1.81. The zero-order valence-corrected chi connectivity index (χ0v) is 16.8. The summed E-state index contributed by atoms with van der Waals surface area (Å²) >= 11 is 0. The Morgan fingerprint density at radius 1 is 1.37 bits per heavy atom. The smallest absolute Gasteiger partial charge is 0.264 e. The highest BCUT2D eigenvalue weighted by Crippen LogP contribution is 2.48. The van der Waals surface area contributed by atoms with Crippen LogP contribution in [-0.4, -0.2) is 18.9 Å². The van der Waals surface area contributed by atoms with Crippen LogP contribution < -0.4 is 10.6 Å². The second-order valence-corrected chi connectivity index (χ2v) is 7.77. The van der Waals surface area contributed by atoms with Gasteiger partial charge in [-0.1, -0.05) is 45.9 Å². The summed E-state index contributed by atoms with van der Waals surface area (Å²) in [5.41, 5.74) is 2.77.